The van der Waals surface area contributed by atoms with E-state index in [1.54, 1.807) is 0 Å². The summed E-state index contributed by atoms with van der Waals surface area (Å²) in [5.41, 5.74) is -1.06. The summed E-state index contributed by atoms with van der Waals surface area (Å²) in [6.45, 7) is 1.58. The van der Waals surface area contributed by atoms with Gasteiger partial charge < -0.3 is 10.0 Å². The van der Waals surface area contributed by atoms with Crippen molar-refractivity contribution < 1.29 is 28.3 Å². The van der Waals surface area contributed by atoms with Crippen molar-refractivity contribution in [2.24, 2.45) is 5.92 Å². The molecule has 1 amide bonds. The predicted molar refractivity (Wildman–Crippen MR) is 76.9 cm³/mol. The Hall–Kier alpha value is -1.96. The van der Waals surface area contributed by atoms with Gasteiger partial charge in [-0.25, -0.2) is 13.6 Å². The molecule has 0 bridgehead atoms. The lowest BCUT2D eigenvalue weighted by atomic mass is 10.1. The van der Waals surface area contributed by atoms with E-state index in [0.717, 1.165) is 22.7 Å². The minimum absolute atomic E-state index is 0.0751. The second-order valence-corrected chi connectivity index (χ2v) is 6.16. The van der Waals surface area contributed by atoms with Crippen LogP contribution in [0, 0.1) is 17.6 Å². The summed E-state index contributed by atoms with van der Waals surface area (Å²) in [5, 5.41) is 8.67. The molecule has 8 heteroatoms. The van der Waals surface area contributed by atoms with Gasteiger partial charge in [0.15, 0.2) is 5.12 Å². The Labute approximate surface area is 129 Å². The van der Waals surface area contributed by atoms with Crippen molar-refractivity contribution in [2.75, 3.05) is 17.2 Å². The van der Waals surface area contributed by atoms with E-state index in [4.69, 9.17) is 5.11 Å². The van der Waals surface area contributed by atoms with Crippen LogP contribution >= 0.6 is 11.8 Å². The van der Waals surface area contributed by atoms with E-state index in [0.29, 0.717) is 11.8 Å². The van der Waals surface area contributed by atoms with E-state index in [1.165, 1.54) is 6.92 Å². The monoisotopic (exact) mass is 329 g/mol. The number of carboxylic acid groups (broad SMARTS) is 1. The summed E-state index contributed by atoms with van der Waals surface area (Å²) < 4.78 is 27.7. The third-order valence-electron chi connectivity index (χ3n) is 3.29. The first-order valence-electron chi connectivity index (χ1n) is 6.45. The number of rotatable bonds is 4. The Morgan fingerprint density at radius 2 is 2.05 bits per heavy atom. The highest BCUT2D eigenvalue weighted by atomic mass is 32.2. The molecular formula is C14H13F2NO4S. The molecule has 1 aliphatic rings. The van der Waals surface area contributed by atoms with Gasteiger partial charge in [-0.3, -0.25) is 9.59 Å². The minimum atomic E-state index is -1.58. The Kier molecular flexibility index (Phi) is 4.80. The molecule has 1 atom stereocenters. The molecule has 0 spiro atoms. The standard InChI is InChI=1S/C14H13F2NO4S/c1-7(18)22-6-8-2-13(19)17(5-8)12-4-10(15)9(14(20)21)3-11(12)16/h3-4,8H,2,5-6H2,1H3,(H,20,21). The van der Waals surface area contributed by atoms with Gasteiger partial charge in [0.05, 0.1) is 11.3 Å². The summed E-state index contributed by atoms with van der Waals surface area (Å²) >= 11 is 1.08. The van der Waals surface area contributed by atoms with Gasteiger partial charge in [0.25, 0.3) is 0 Å². The van der Waals surface area contributed by atoms with Crippen LogP contribution < -0.4 is 4.90 Å². The Morgan fingerprint density at radius 3 is 2.64 bits per heavy atom. The Morgan fingerprint density at radius 1 is 1.36 bits per heavy atom. The van der Waals surface area contributed by atoms with E-state index in [9.17, 15) is 23.2 Å². The summed E-state index contributed by atoms with van der Waals surface area (Å²) in [6, 6.07) is 1.29. The van der Waals surface area contributed by atoms with Gasteiger partial charge in [0.1, 0.15) is 11.6 Å². The first-order chi connectivity index (χ1) is 10.3. The lowest BCUT2D eigenvalue weighted by molar-refractivity contribution is -0.117. The van der Waals surface area contributed by atoms with Crippen LogP contribution in [0.4, 0.5) is 14.5 Å². The van der Waals surface area contributed by atoms with Crippen LogP contribution in [0.1, 0.15) is 23.7 Å². The molecule has 1 aromatic carbocycles. The van der Waals surface area contributed by atoms with E-state index in [1.807, 2.05) is 0 Å². The largest absolute Gasteiger partial charge is 0.478 e. The van der Waals surface area contributed by atoms with Crippen LogP contribution in [-0.4, -0.2) is 34.4 Å². The SMILES string of the molecule is CC(=O)SCC1CC(=O)N(c2cc(F)c(C(=O)O)cc2F)C1. The number of aromatic carboxylic acids is 1. The van der Waals surface area contributed by atoms with Gasteiger partial charge in [0.2, 0.25) is 5.91 Å². The van der Waals surface area contributed by atoms with Crippen molar-refractivity contribution in [3.05, 3.63) is 29.3 Å². The minimum Gasteiger partial charge on any atom is -0.478 e. The topological polar surface area (TPSA) is 74.7 Å². The molecule has 1 saturated heterocycles. The highest BCUT2D eigenvalue weighted by Crippen LogP contribution is 2.30. The fourth-order valence-electron chi connectivity index (χ4n) is 2.27. The van der Waals surface area contributed by atoms with Crippen LogP contribution in [-0.2, 0) is 9.59 Å². The summed E-state index contributed by atoms with van der Waals surface area (Å²) in [6.07, 6.45) is 0.141. The first-order valence-corrected chi connectivity index (χ1v) is 7.44. The highest BCUT2D eigenvalue weighted by Gasteiger charge is 2.33. The molecule has 1 aliphatic heterocycles. The molecule has 1 N–H and O–H groups in total. The van der Waals surface area contributed by atoms with E-state index >= 15 is 0 Å². The highest BCUT2D eigenvalue weighted by molar-refractivity contribution is 8.13. The molecule has 0 aliphatic carbocycles. The van der Waals surface area contributed by atoms with E-state index in [2.05, 4.69) is 0 Å². The number of anilines is 1. The molecule has 5 nitrogen and oxygen atoms in total. The van der Waals surface area contributed by atoms with Gasteiger partial charge in [-0.05, 0) is 12.0 Å². The number of nitrogens with zero attached hydrogens (tertiary/aromatic N) is 1. The van der Waals surface area contributed by atoms with Crippen molar-refractivity contribution in [2.45, 2.75) is 13.3 Å². The number of amides is 1. The number of benzene rings is 1. The van der Waals surface area contributed by atoms with E-state index in [-0.39, 0.29) is 35.6 Å². The first kappa shape index (κ1) is 16.4. The lowest BCUT2D eigenvalue weighted by Gasteiger charge is -2.18. The lowest BCUT2D eigenvalue weighted by Crippen LogP contribution is -2.26. The van der Waals surface area contributed by atoms with Gasteiger partial charge in [-0.2, -0.15) is 0 Å². The molecule has 1 unspecified atom stereocenters. The molecule has 118 valence electrons. The quantitative estimate of drug-likeness (QED) is 0.917. The number of carbonyl (C=O) groups is 3. The molecule has 1 fully saturated rings. The molecular weight excluding hydrogens is 316 g/mol. The van der Waals surface area contributed by atoms with Crippen LogP contribution in [0.2, 0.25) is 0 Å². The second kappa shape index (κ2) is 6.43. The molecule has 0 radical (unpaired) electrons. The van der Waals surface area contributed by atoms with Gasteiger partial charge in [-0.1, -0.05) is 11.8 Å². The number of hydrogen-bond acceptors (Lipinski definition) is 4. The number of halogens is 2. The Bertz CT molecular complexity index is 650. The number of hydrogen-bond donors (Lipinski definition) is 1. The Balaban J connectivity index is 2.21. The fourth-order valence-corrected chi connectivity index (χ4v) is 2.96. The van der Waals surface area contributed by atoms with Crippen LogP contribution in [0.25, 0.3) is 0 Å². The van der Waals surface area contributed by atoms with Crippen molar-refractivity contribution in [3.8, 4) is 0 Å². The second-order valence-electron chi connectivity index (χ2n) is 4.97. The number of carboxylic acids is 1. The molecule has 0 aromatic heterocycles. The van der Waals surface area contributed by atoms with Crippen molar-refractivity contribution in [1.82, 2.24) is 0 Å². The fraction of sp³-hybridized carbons (Fsp3) is 0.357. The van der Waals surface area contributed by atoms with Crippen molar-refractivity contribution in [1.29, 1.82) is 0 Å². The molecule has 1 aromatic rings. The van der Waals surface area contributed by atoms with Crippen LogP contribution in [0.5, 0.6) is 0 Å². The van der Waals surface area contributed by atoms with Crippen molar-refractivity contribution >= 4 is 34.4 Å². The summed E-state index contributed by atoms with van der Waals surface area (Å²) in [7, 11) is 0. The maximum Gasteiger partial charge on any atom is 0.338 e. The maximum atomic E-state index is 14.0. The third kappa shape index (κ3) is 3.44. The molecule has 0 saturated carbocycles. The zero-order valence-electron chi connectivity index (χ0n) is 11.6. The molecule has 2 rings (SSSR count). The normalized spacial score (nSPS) is 17.9. The van der Waals surface area contributed by atoms with Crippen LogP contribution in [0.3, 0.4) is 0 Å². The average Bonchev–Trinajstić information content (AvgIpc) is 2.79. The van der Waals surface area contributed by atoms with Gasteiger partial charge >= 0.3 is 5.97 Å². The zero-order chi connectivity index (χ0) is 16.4. The smallest absolute Gasteiger partial charge is 0.338 e. The molecule has 22 heavy (non-hydrogen) atoms. The maximum absolute atomic E-state index is 14.0. The number of carbonyl (C=O) groups excluding carboxylic acids is 2. The number of thioether (sulfide) groups is 1. The molecule has 1 heterocycles. The van der Waals surface area contributed by atoms with Crippen molar-refractivity contribution in [3.63, 3.8) is 0 Å². The van der Waals surface area contributed by atoms with Crippen LogP contribution in [0.15, 0.2) is 12.1 Å². The average molecular weight is 329 g/mol. The zero-order valence-corrected chi connectivity index (χ0v) is 12.5. The summed E-state index contributed by atoms with van der Waals surface area (Å²) in [5.74, 6) is -3.73. The van der Waals surface area contributed by atoms with E-state index < -0.39 is 23.2 Å². The summed E-state index contributed by atoms with van der Waals surface area (Å²) in [4.78, 5) is 34.7. The third-order valence-corrected chi connectivity index (χ3v) is 4.33. The van der Waals surface area contributed by atoms with Gasteiger partial charge in [0, 0.05) is 31.7 Å². The predicted octanol–water partition coefficient (Wildman–Crippen LogP) is 2.30. The van der Waals surface area contributed by atoms with Gasteiger partial charge in [-0.15, -0.1) is 0 Å².